The van der Waals surface area contributed by atoms with E-state index in [1.807, 2.05) is 18.2 Å². The van der Waals surface area contributed by atoms with Gasteiger partial charge in [-0.3, -0.25) is 4.99 Å². The van der Waals surface area contributed by atoms with Crippen molar-refractivity contribution in [2.75, 3.05) is 26.9 Å². The lowest BCUT2D eigenvalue weighted by atomic mass is 9.95. The van der Waals surface area contributed by atoms with E-state index in [1.165, 1.54) is 17.7 Å². The van der Waals surface area contributed by atoms with E-state index in [9.17, 15) is 4.39 Å². The lowest BCUT2D eigenvalue weighted by molar-refractivity contribution is 0.174. The second kappa shape index (κ2) is 7.47. The zero-order valence-corrected chi connectivity index (χ0v) is 15.4. The number of hydrogen-bond acceptors (Lipinski definition) is 3. The quantitative estimate of drug-likeness (QED) is 0.607. The molecule has 2 aromatic rings. The smallest absolute Gasteiger partial charge is 0.231 e. The molecule has 0 amide bonds. The molecule has 0 spiro atoms. The molecule has 4 rings (SSSR count). The second-order valence-corrected chi connectivity index (χ2v) is 7.08. The van der Waals surface area contributed by atoms with Crippen LogP contribution in [0.2, 0.25) is 0 Å². The molecule has 1 aliphatic heterocycles. The fourth-order valence-electron chi connectivity index (χ4n) is 3.39. The van der Waals surface area contributed by atoms with Crippen molar-refractivity contribution in [2.45, 2.75) is 24.7 Å². The van der Waals surface area contributed by atoms with E-state index in [4.69, 9.17) is 9.47 Å². The van der Waals surface area contributed by atoms with Crippen molar-refractivity contribution in [3.05, 3.63) is 59.4 Å². The Bertz CT molecular complexity index is 832. The van der Waals surface area contributed by atoms with Gasteiger partial charge in [0.05, 0.1) is 0 Å². The van der Waals surface area contributed by atoms with Crippen LogP contribution in [-0.4, -0.2) is 32.9 Å². The van der Waals surface area contributed by atoms with E-state index in [1.54, 1.807) is 7.05 Å². The minimum atomic E-state index is -0.206. The van der Waals surface area contributed by atoms with E-state index in [0.717, 1.165) is 55.4 Å². The van der Waals surface area contributed by atoms with Crippen LogP contribution in [-0.2, 0) is 11.8 Å². The van der Waals surface area contributed by atoms with Gasteiger partial charge in [-0.05, 0) is 54.7 Å². The van der Waals surface area contributed by atoms with Crippen LogP contribution in [0.4, 0.5) is 4.39 Å². The average Bonchev–Trinajstić information content (AvgIpc) is 3.34. The Morgan fingerprint density at radius 2 is 1.85 bits per heavy atom. The number of ether oxygens (including phenoxy) is 2. The Labute approximate surface area is 158 Å². The summed E-state index contributed by atoms with van der Waals surface area (Å²) in [4.78, 5) is 4.31. The van der Waals surface area contributed by atoms with Gasteiger partial charge in [0.1, 0.15) is 5.82 Å². The molecule has 1 heterocycles. The van der Waals surface area contributed by atoms with Gasteiger partial charge in [-0.15, -0.1) is 0 Å². The first-order valence-electron chi connectivity index (χ1n) is 9.28. The third-order valence-corrected chi connectivity index (χ3v) is 5.28. The highest BCUT2D eigenvalue weighted by atomic mass is 19.1. The summed E-state index contributed by atoms with van der Waals surface area (Å²) in [5, 5.41) is 6.77. The molecule has 0 aromatic heterocycles. The van der Waals surface area contributed by atoms with Crippen LogP contribution in [0.25, 0.3) is 0 Å². The summed E-state index contributed by atoms with van der Waals surface area (Å²) < 4.78 is 23.9. The SMILES string of the molecule is CN=C(NCCc1ccc(F)cc1)NCC1(c2ccc3c(c2)OCO3)CC1. The Balaban J connectivity index is 1.29. The first-order valence-corrected chi connectivity index (χ1v) is 9.28. The number of rotatable bonds is 6. The number of nitrogens with one attached hydrogen (secondary N) is 2. The molecule has 6 heteroatoms. The van der Waals surface area contributed by atoms with Crippen molar-refractivity contribution in [3.8, 4) is 11.5 Å². The molecule has 2 aliphatic rings. The number of guanidine groups is 1. The van der Waals surface area contributed by atoms with Gasteiger partial charge in [0.15, 0.2) is 17.5 Å². The molecule has 1 aliphatic carbocycles. The Kier molecular flexibility index (Phi) is 4.88. The highest BCUT2D eigenvalue weighted by molar-refractivity contribution is 5.79. The third kappa shape index (κ3) is 3.99. The number of aliphatic imine (C=N–C) groups is 1. The molecule has 2 aromatic carbocycles. The van der Waals surface area contributed by atoms with Crippen molar-refractivity contribution in [1.29, 1.82) is 0 Å². The standard InChI is InChI=1S/C21H24FN3O2/c1-23-20(24-11-8-15-2-5-17(22)6-3-15)25-13-21(9-10-21)16-4-7-18-19(12-16)27-14-26-18/h2-7,12H,8-11,13-14H2,1H3,(H2,23,24,25). The largest absolute Gasteiger partial charge is 0.454 e. The molecule has 0 bridgehead atoms. The summed E-state index contributed by atoms with van der Waals surface area (Å²) in [6.45, 7) is 1.86. The fourth-order valence-corrected chi connectivity index (χ4v) is 3.39. The van der Waals surface area contributed by atoms with E-state index in [-0.39, 0.29) is 11.2 Å². The minimum absolute atomic E-state index is 0.134. The number of hydrogen-bond donors (Lipinski definition) is 2. The zero-order chi connectivity index (χ0) is 18.7. The van der Waals surface area contributed by atoms with E-state index in [2.05, 4.69) is 27.8 Å². The maximum Gasteiger partial charge on any atom is 0.231 e. The highest BCUT2D eigenvalue weighted by Gasteiger charge is 2.44. The molecule has 0 unspecified atom stereocenters. The molecule has 1 saturated carbocycles. The van der Waals surface area contributed by atoms with Gasteiger partial charge in [0.2, 0.25) is 6.79 Å². The third-order valence-electron chi connectivity index (χ3n) is 5.28. The molecule has 27 heavy (non-hydrogen) atoms. The molecule has 142 valence electrons. The molecule has 5 nitrogen and oxygen atoms in total. The summed E-state index contributed by atoms with van der Waals surface area (Å²) in [6.07, 6.45) is 3.10. The molecular weight excluding hydrogens is 345 g/mol. The molecular formula is C21H24FN3O2. The van der Waals surface area contributed by atoms with Crippen molar-refractivity contribution < 1.29 is 13.9 Å². The van der Waals surface area contributed by atoms with E-state index >= 15 is 0 Å². The lowest BCUT2D eigenvalue weighted by Crippen LogP contribution is -2.41. The van der Waals surface area contributed by atoms with Gasteiger partial charge in [-0.1, -0.05) is 18.2 Å². The highest BCUT2D eigenvalue weighted by Crippen LogP contribution is 2.49. The number of halogens is 1. The number of benzene rings is 2. The minimum Gasteiger partial charge on any atom is -0.454 e. The van der Waals surface area contributed by atoms with Crippen LogP contribution >= 0.6 is 0 Å². The average molecular weight is 369 g/mol. The Morgan fingerprint density at radius 3 is 2.59 bits per heavy atom. The van der Waals surface area contributed by atoms with Gasteiger partial charge in [0, 0.05) is 25.6 Å². The van der Waals surface area contributed by atoms with Gasteiger partial charge >= 0.3 is 0 Å². The Morgan fingerprint density at radius 1 is 1.07 bits per heavy atom. The van der Waals surface area contributed by atoms with E-state index < -0.39 is 0 Å². The molecule has 1 fully saturated rings. The van der Waals surface area contributed by atoms with Crippen LogP contribution < -0.4 is 20.1 Å². The Hall–Kier alpha value is -2.76. The predicted octanol–water partition coefficient (Wildman–Crippen LogP) is 2.99. The first-order chi connectivity index (χ1) is 13.2. The molecule has 0 saturated heterocycles. The summed E-state index contributed by atoms with van der Waals surface area (Å²) in [7, 11) is 1.77. The van der Waals surface area contributed by atoms with Crippen LogP contribution in [0.3, 0.4) is 0 Å². The van der Waals surface area contributed by atoms with Crippen molar-refractivity contribution in [3.63, 3.8) is 0 Å². The lowest BCUT2D eigenvalue weighted by Gasteiger charge is -2.19. The van der Waals surface area contributed by atoms with Crippen molar-refractivity contribution in [2.24, 2.45) is 4.99 Å². The molecule has 0 atom stereocenters. The number of nitrogens with zero attached hydrogens (tertiary/aromatic N) is 1. The summed E-state index contributed by atoms with van der Waals surface area (Å²) in [5.41, 5.74) is 2.51. The van der Waals surface area contributed by atoms with Crippen LogP contribution in [0.5, 0.6) is 11.5 Å². The summed E-state index contributed by atoms with van der Waals surface area (Å²) in [5.74, 6) is 2.23. The summed E-state index contributed by atoms with van der Waals surface area (Å²) >= 11 is 0. The van der Waals surface area contributed by atoms with Crippen molar-refractivity contribution >= 4 is 5.96 Å². The second-order valence-electron chi connectivity index (χ2n) is 7.08. The monoisotopic (exact) mass is 369 g/mol. The first kappa shape index (κ1) is 17.6. The van der Waals surface area contributed by atoms with Gasteiger partial charge in [-0.25, -0.2) is 4.39 Å². The zero-order valence-electron chi connectivity index (χ0n) is 15.4. The van der Waals surface area contributed by atoms with Gasteiger partial charge < -0.3 is 20.1 Å². The number of fused-ring (bicyclic) bond motifs is 1. The van der Waals surface area contributed by atoms with Gasteiger partial charge in [-0.2, -0.15) is 0 Å². The van der Waals surface area contributed by atoms with Crippen LogP contribution in [0, 0.1) is 5.82 Å². The maximum absolute atomic E-state index is 13.0. The fraction of sp³-hybridized carbons (Fsp3) is 0.381. The van der Waals surface area contributed by atoms with Crippen LogP contribution in [0.15, 0.2) is 47.5 Å². The van der Waals surface area contributed by atoms with Crippen LogP contribution in [0.1, 0.15) is 24.0 Å². The van der Waals surface area contributed by atoms with Gasteiger partial charge in [0.25, 0.3) is 0 Å². The maximum atomic E-state index is 13.0. The van der Waals surface area contributed by atoms with E-state index in [0.29, 0.717) is 6.79 Å². The topological polar surface area (TPSA) is 54.9 Å². The molecule has 2 N–H and O–H groups in total. The van der Waals surface area contributed by atoms with Crippen molar-refractivity contribution in [1.82, 2.24) is 10.6 Å². The normalized spacial score (nSPS) is 16.9. The molecule has 0 radical (unpaired) electrons. The predicted molar refractivity (Wildman–Crippen MR) is 103 cm³/mol. The summed E-state index contributed by atoms with van der Waals surface area (Å²) in [6, 6.07) is 12.8.